The summed E-state index contributed by atoms with van der Waals surface area (Å²) in [6.45, 7) is 8.06. The Balaban J connectivity index is 1.45. The van der Waals surface area contributed by atoms with Crippen LogP contribution >= 0.6 is 7.92 Å². The number of H-pyrrole nitrogens is 1. The number of benzene rings is 2. The van der Waals surface area contributed by atoms with Gasteiger partial charge in [0, 0.05) is 41.7 Å². The maximum Gasteiger partial charge on any atom is 0.139 e. The molecule has 6 heteroatoms. The topological polar surface area (TPSA) is 53.2 Å². The lowest BCUT2D eigenvalue weighted by Crippen LogP contribution is -2.36. The van der Waals surface area contributed by atoms with Crippen LogP contribution in [0.4, 0.5) is 17.1 Å². The van der Waals surface area contributed by atoms with Gasteiger partial charge in [-0.2, -0.15) is 0 Å². The largest absolute Gasteiger partial charge is 0.378 e. The third-order valence-electron chi connectivity index (χ3n) is 5.74. The molecular formula is C25H27N4OP. The minimum Gasteiger partial charge on any atom is -0.378 e. The highest BCUT2D eigenvalue weighted by molar-refractivity contribution is 7.64. The second kappa shape index (κ2) is 8.70. The van der Waals surface area contributed by atoms with Crippen LogP contribution in [0.25, 0.3) is 22.3 Å². The monoisotopic (exact) mass is 430 g/mol. The van der Waals surface area contributed by atoms with Gasteiger partial charge in [0.15, 0.2) is 0 Å². The first-order chi connectivity index (χ1) is 15.2. The summed E-state index contributed by atoms with van der Waals surface area (Å²) >= 11 is 0. The quantitative estimate of drug-likeness (QED) is 0.429. The Labute approximate surface area is 184 Å². The molecule has 0 amide bonds. The minimum absolute atomic E-state index is 0.193. The second-order valence-corrected chi connectivity index (χ2v) is 10.3. The number of fused-ring (bicyclic) bond motifs is 1. The Bertz CT molecular complexity index is 1180. The van der Waals surface area contributed by atoms with Crippen molar-refractivity contribution in [3.8, 4) is 11.3 Å². The van der Waals surface area contributed by atoms with Gasteiger partial charge in [-0.15, -0.1) is 0 Å². The van der Waals surface area contributed by atoms with Crippen molar-refractivity contribution in [3.05, 3.63) is 66.9 Å². The predicted molar refractivity (Wildman–Crippen MR) is 133 cm³/mol. The van der Waals surface area contributed by atoms with Crippen molar-refractivity contribution in [1.29, 1.82) is 0 Å². The van der Waals surface area contributed by atoms with E-state index >= 15 is 0 Å². The van der Waals surface area contributed by atoms with Gasteiger partial charge in [0.05, 0.1) is 18.9 Å². The zero-order valence-corrected chi connectivity index (χ0v) is 18.8. The maximum absolute atomic E-state index is 5.46. The lowest BCUT2D eigenvalue weighted by Gasteiger charge is -2.28. The van der Waals surface area contributed by atoms with E-state index in [1.54, 1.807) is 0 Å². The molecule has 1 aliphatic heterocycles. The van der Waals surface area contributed by atoms with E-state index in [-0.39, 0.29) is 7.92 Å². The summed E-state index contributed by atoms with van der Waals surface area (Å²) in [6.07, 6.45) is 1.86. The number of hydrogen-bond acceptors (Lipinski definition) is 4. The molecule has 3 heterocycles. The number of para-hydroxylation sites is 1. The minimum atomic E-state index is -0.193. The van der Waals surface area contributed by atoms with Gasteiger partial charge in [0.25, 0.3) is 0 Å². The van der Waals surface area contributed by atoms with Crippen molar-refractivity contribution in [2.45, 2.75) is 0 Å². The first-order valence-corrected chi connectivity index (χ1v) is 12.9. The maximum atomic E-state index is 5.46. The highest BCUT2D eigenvalue weighted by atomic mass is 31.1. The molecule has 0 radical (unpaired) electrons. The molecule has 0 atom stereocenters. The number of rotatable bonds is 5. The molecule has 2 aromatic carbocycles. The van der Waals surface area contributed by atoms with E-state index in [1.165, 1.54) is 16.7 Å². The van der Waals surface area contributed by atoms with E-state index in [0.717, 1.165) is 54.3 Å². The molecule has 5 rings (SSSR count). The van der Waals surface area contributed by atoms with Crippen molar-refractivity contribution in [2.24, 2.45) is 0 Å². The van der Waals surface area contributed by atoms with E-state index in [4.69, 9.17) is 4.74 Å². The normalized spacial score (nSPS) is 14.4. The number of pyridine rings is 1. The summed E-state index contributed by atoms with van der Waals surface area (Å²) in [4.78, 5) is 10.4. The van der Waals surface area contributed by atoms with Gasteiger partial charge in [-0.05, 0) is 54.5 Å². The van der Waals surface area contributed by atoms with Crippen LogP contribution in [0.2, 0.25) is 0 Å². The molecule has 0 aliphatic carbocycles. The fourth-order valence-corrected chi connectivity index (χ4v) is 5.08. The smallest absolute Gasteiger partial charge is 0.139 e. The predicted octanol–water partition coefficient (Wildman–Crippen LogP) is 5.18. The Morgan fingerprint density at radius 1 is 0.968 bits per heavy atom. The number of nitrogens with zero attached hydrogens (tertiary/aromatic N) is 2. The molecule has 1 fully saturated rings. The van der Waals surface area contributed by atoms with Crippen molar-refractivity contribution >= 4 is 41.3 Å². The number of anilines is 3. The zero-order valence-electron chi connectivity index (χ0n) is 17.9. The van der Waals surface area contributed by atoms with Crippen molar-refractivity contribution in [3.63, 3.8) is 0 Å². The van der Waals surface area contributed by atoms with Gasteiger partial charge in [-0.25, -0.2) is 4.98 Å². The Hall–Kier alpha value is -2.88. The average Bonchev–Trinajstić information content (AvgIpc) is 3.25. The van der Waals surface area contributed by atoms with Crippen LogP contribution in [0.15, 0.2) is 66.9 Å². The van der Waals surface area contributed by atoms with Crippen LogP contribution in [0, 0.1) is 0 Å². The van der Waals surface area contributed by atoms with Crippen LogP contribution in [-0.4, -0.2) is 49.6 Å². The molecule has 0 saturated carbocycles. The standard InChI is InChI=1S/C25H27N4OP/c1-31(2)24-6-4-3-5-22(24)27-21-11-12-26-25-20(21)17-23(28-25)18-7-9-19(10-8-18)29-13-15-30-16-14-29/h3-12,17H,13-16H2,1-2H3,(H2,26,27,28). The number of nitrogens with one attached hydrogen (secondary N) is 2. The Morgan fingerprint density at radius 2 is 1.74 bits per heavy atom. The Morgan fingerprint density at radius 3 is 2.52 bits per heavy atom. The molecule has 0 bridgehead atoms. The molecule has 0 spiro atoms. The molecule has 2 N–H and O–H groups in total. The fourth-order valence-electron chi connectivity index (χ4n) is 4.08. The van der Waals surface area contributed by atoms with Crippen molar-refractivity contribution in [2.75, 3.05) is 49.8 Å². The summed E-state index contributed by atoms with van der Waals surface area (Å²) < 4.78 is 5.46. The first-order valence-electron chi connectivity index (χ1n) is 10.6. The third kappa shape index (κ3) is 4.16. The molecular weight excluding hydrogens is 403 g/mol. The van der Waals surface area contributed by atoms with Gasteiger partial charge in [-0.1, -0.05) is 38.3 Å². The van der Waals surface area contributed by atoms with E-state index in [0.29, 0.717) is 0 Å². The molecule has 2 aromatic heterocycles. The fraction of sp³-hybridized carbons (Fsp3) is 0.240. The first kappa shape index (κ1) is 20.0. The molecule has 5 nitrogen and oxygen atoms in total. The van der Waals surface area contributed by atoms with Crippen molar-refractivity contribution in [1.82, 2.24) is 9.97 Å². The molecule has 31 heavy (non-hydrogen) atoms. The van der Waals surface area contributed by atoms with Gasteiger partial charge in [-0.3, -0.25) is 0 Å². The summed E-state index contributed by atoms with van der Waals surface area (Å²) in [7, 11) is -0.193. The molecule has 1 aliphatic rings. The summed E-state index contributed by atoms with van der Waals surface area (Å²) in [5, 5.41) is 6.12. The van der Waals surface area contributed by atoms with Crippen LogP contribution in [-0.2, 0) is 4.74 Å². The number of ether oxygens (including phenoxy) is 1. The molecule has 4 aromatic rings. The number of hydrogen-bond donors (Lipinski definition) is 2. The lowest BCUT2D eigenvalue weighted by atomic mass is 10.1. The van der Waals surface area contributed by atoms with E-state index in [9.17, 15) is 0 Å². The van der Waals surface area contributed by atoms with Gasteiger partial charge >= 0.3 is 0 Å². The summed E-state index contributed by atoms with van der Waals surface area (Å²) in [6, 6.07) is 21.6. The van der Waals surface area contributed by atoms with Crippen molar-refractivity contribution < 1.29 is 4.74 Å². The lowest BCUT2D eigenvalue weighted by molar-refractivity contribution is 0.122. The molecule has 1 saturated heterocycles. The van der Waals surface area contributed by atoms with Crippen LogP contribution in [0.5, 0.6) is 0 Å². The SMILES string of the molecule is CP(C)c1ccccc1Nc1ccnc2[nH]c(-c3ccc(N4CCOCC4)cc3)cc12. The zero-order chi connectivity index (χ0) is 21.2. The van der Waals surface area contributed by atoms with Crippen LogP contribution in [0.1, 0.15) is 0 Å². The highest BCUT2D eigenvalue weighted by Crippen LogP contribution is 2.33. The van der Waals surface area contributed by atoms with E-state index in [1.807, 2.05) is 12.3 Å². The van der Waals surface area contributed by atoms with Gasteiger partial charge < -0.3 is 19.9 Å². The van der Waals surface area contributed by atoms with Crippen LogP contribution < -0.4 is 15.5 Å². The molecule has 158 valence electrons. The highest BCUT2D eigenvalue weighted by Gasteiger charge is 2.13. The Kier molecular flexibility index (Phi) is 5.63. The van der Waals surface area contributed by atoms with Crippen LogP contribution in [0.3, 0.4) is 0 Å². The van der Waals surface area contributed by atoms with E-state index < -0.39 is 0 Å². The second-order valence-electron chi connectivity index (χ2n) is 7.99. The molecule has 0 unspecified atom stereocenters. The number of aromatic nitrogens is 2. The summed E-state index contributed by atoms with van der Waals surface area (Å²) in [5.74, 6) is 0. The number of morpholine rings is 1. The summed E-state index contributed by atoms with van der Waals surface area (Å²) in [5.41, 5.74) is 6.62. The van der Waals surface area contributed by atoms with E-state index in [2.05, 4.69) is 88.1 Å². The number of aromatic amines is 1. The third-order valence-corrected chi connectivity index (χ3v) is 7.10. The van der Waals surface area contributed by atoms with Gasteiger partial charge in [0.1, 0.15) is 5.65 Å². The van der Waals surface area contributed by atoms with Gasteiger partial charge in [0.2, 0.25) is 0 Å². The average molecular weight is 430 g/mol.